The highest BCUT2D eigenvalue weighted by atomic mass is 16.5. The molecule has 0 radical (unpaired) electrons. The van der Waals surface area contributed by atoms with Gasteiger partial charge in [0.1, 0.15) is 0 Å². The largest absolute Gasteiger partial charge is 0.348 e. The number of pyridine rings is 1. The zero-order valence-electron chi connectivity index (χ0n) is 16.4. The molecule has 0 unspecified atom stereocenters. The lowest BCUT2D eigenvalue weighted by molar-refractivity contribution is -0.131. The lowest BCUT2D eigenvalue weighted by atomic mass is 10.2. The maximum Gasteiger partial charge on any atom is 0.236 e. The maximum atomic E-state index is 12.6. The summed E-state index contributed by atoms with van der Waals surface area (Å²) >= 11 is 0. The summed E-state index contributed by atoms with van der Waals surface area (Å²) < 4.78 is 5.25. The number of hydrogen-bond acceptors (Lipinski definition) is 7. The summed E-state index contributed by atoms with van der Waals surface area (Å²) in [6.07, 6.45) is 4.95. The monoisotopic (exact) mass is 386 g/mol. The van der Waals surface area contributed by atoms with Gasteiger partial charge in [0.05, 0.1) is 6.54 Å². The third-order valence-electron chi connectivity index (χ3n) is 4.74. The molecule has 1 fully saturated rings. The minimum Gasteiger partial charge on any atom is -0.348 e. The van der Waals surface area contributed by atoms with Gasteiger partial charge < -0.3 is 14.3 Å². The molecule has 9 nitrogen and oxygen atoms in total. The van der Waals surface area contributed by atoms with E-state index in [0.29, 0.717) is 50.7 Å². The van der Waals surface area contributed by atoms with Gasteiger partial charge in [0, 0.05) is 71.1 Å². The Labute approximate surface area is 164 Å². The van der Waals surface area contributed by atoms with Crippen molar-refractivity contribution >= 4 is 11.8 Å². The molecule has 3 rings (SSSR count). The predicted octanol–water partition coefficient (Wildman–Crippen LogP) is 0.687. The second-order valence-corrected chi connectivity index (χ2v) is 7.05. The second-order valence-electron chi connectivity index (χ2n) is 7.05. The molecule has 0 saturated carbocycles. The number of hydrogen-bond donors (Lipinski definition) is 0. The van der Waals surface area contributed by atoms with E-state index in [4.69, 9.17) is 4.52 Å². The molecule has 0 N–H and O–H groups in total. The molecule has 0 aliphatic carbocycles. The van der Waals surface area contributed by atoms with Gasteiger partial charge in [-0.3, -0.25) is 19.5 Å². The number of likely N-dealkylation sites (N-methyl/N-ethyl adjacent to an activating group) is 1. The average molecular weight is 386 g/mol. The fourth-order valence-electron chi connectivity index (χ4n) is 3.05. The Bertz CT molecular complexity index is 792. The van der Waals surface area contributed by atoms with Crippen LogP contribution in [-0.2, 0) is 16.0 Å². The van der Waals surface area contributed by atoms with E-state index in [1.54, 1.807) is 31.4 Å². The van der Waals surface area contributed by atoms with Crippen molar-refractivity contribution in [1.82, 2.24) is 29.8 Å². The molecule has 0 atom stereocenters. The summed E-state index contributed by atoms with van der Waals surface area (Å²) in [7, 11) is 3.51. The summed E-state index contributed by atoms with van der Waals surface area (Å²) in [6.45, 7) is 3.26. The van der Waals surface area contributed by atoms with Crippen LogP contribution in [0.5, 0.6) is 0 Å². The highest BCUT2D eigenvalue weighted by Crippen LogP contribution is 2.15. The van der Waals surface area contributed by atoms with Crippen molar-refractivity contribution in [2.24, 2.45) is 0 Å². The molecule has 2 aromatic heterocycles. The van der Waals surface area contributed by atoms with Crippen molar-refractivity contribution in [2.75, 3.05) is 46.8 Å². The van der Waals surface area contributed by atoms with Crippen LogP contribution in [0, 0.1) is 0 Å². The van der Waals surface area contributed by atoms with E-state index in [1.807, 2.05) is 17.0 Å². The minimum atomic E-state index is 0.0712. The number of rotatable bonds is 6. The first-order valence-electron chi connectivity index (χ1n) is 9.46. The number of carbonyl (C=O) groups is 2. The third kappa shape index (κ3) is 5.35. The normalized spacial score (nSPS) is 15.3. The van der Waals surface area contributed by atoms with E-state index in [9.17, 15) is 9.59 Å². The summed E-state index contributed by atoms with van der Waals surface area (Å²) in [5.41, 5.74) is 0.781. The first-order valence-corrected chi connectivity index (χ1v) is 9.46. The molecular formula is C19H26N6O3. The van der Waals surface area contributed by atoms with Crippen molar-refractivity contribution in [1.29, 1.82) is 0 Å². The Morgan fingerprint density at radius 1 is 1.21 bits per heavy atom. The molecule has 1 saturated heterocycles. The lowest BCUT2D eigenvalue weighted by Gasteiger charge is -2.22. The molecule has 2 aromatic rings. The first kappa shape index (κ1) is 19.9. The smallest absolute Gasteiger partial charge is 0.236 e. The van der Waals surface area contributed by atoms with Crippen molar-refractivity contribution in [3.05, 3.63) is 30.4 Å². The van der Waals surface area contributed by atoms with E-state index >= 15 is 0 Å². The van der Waals surface area contributed by atoms with E-state index in [0.717, 1.165) is 18.5 Å². The number of carbonyl (C=O) groups excluding carboxylic acids is 2. The Hall–Kier alpha value is -2.81. The minimum absolute atomic E-state index is 0.0712. The summed E-state index contributed by atoms with van der Waals surface area (Å²) in [5.74, 6) is 1.08. The summed E-state index contributed by atoms with van der Waals surface area (Å²) in [6, 6.07) is 3.67. The first-order chi connectivity index (χ1) is 13.5. The van der Waals surface area contributed by atoms with Crippen molar-refractivity contribution in [3.63, 3.8) is 0 Å². The van der Waals surface area contributed by atoms with E-state index in [1.165, 1.54) is 0 Å². The number of amides is 2. The van der Waals surface area contributed by atoms with Crippen LogP contribution in [0.15, 0.2) is 29.0 Å². The zero-order valence-corrected chi connectivity index (χ0v) is 16.4. The van der Waals surface area contributed by atoms with Crippen LogP contribution in [-0.4, -0.2) is 88.5 Å². The van der Waals surface area contributed by atoms with Gasteiger partial charge in [0.15, 0.2) is 0 Å². The summed E-state index contributed by atoms with van der Waals surface area (Å²) in [4.78, 5) is 38.4. The van der Waals surface area contributed by atoms with Crippen LogP contribution >= 0.6 is 0 Å². The molecule has 28 heavy (non-hydrogen) atoms. The van der Waals surface area contributed by atoms with Crippen LogP contribution in [0.3, 0.4) is 0 Å². The Morgan fingerprint density at radius 3 is 2.82 bits per heavy atom. The van der Waals surface area contributed by atoms with Gasteiger partial charge in [-0.15, -0.1) is 0 Å². The molecule has 2 amide bonds. The van der Waals surface area contributed by atoms with Gasteiger partial charge in [-0.1, -0.05) is 5.16 Å². The van der Waals surface area contributed by atoms with E-state index in [-0.39, 0.29) is 11.8 Å². The predicted molar refractivity (Wildman–Crippen MR) is 102 cm³/mol. The van der Waals surface area contributed by atoms with Gasteiger partial charge in [-0.25, -0.2) is 0 Å². The zero-order chi connectivity index (χ0) is 19.9. The second kappa shape index (κ2) is 9.41. The van der Waals surface area contributed by atoms with Gasteiger partial charge >= 0.3 is 0 Å². The highest BCUT2D eigenvalue weighted by molar-refractivity contribution is 5.78. The molecule has 1 aliphatic heterocycles. The summed E-state index contributed by atoms with van der Waals surface area (Å²) in [5, 5.41) is 3.95. The Kier molecular flexibility index (Phi) is 6.70. The van der Waals surface area contributed by atoms with Gasteiger partial charge in [0.2, 0.25) is 23.5 Å². The number of aryl methyl sites for hydroxylation is 1. The van der Waals surface area contributed by atoms with Crippen LogP contribution in [0.4, 0.5) is 0 Å². The molecule has 3 heterocycles. The van der Waals surface area contributed by atoms with Gasteiger partial charge in [-0.05, 0) is 18.6 Å². The molecular weight excluding hydrogens is 360 g/mol. The Morgan fingerprint density at radius 2 is 2.07 bits per heavy atom. The Balaban J connectivity index is 1.47. The number of aromatic nitrogens is 3. The van der Waals surface area contributed by atoms with Crippen LogP contribution in [0.2, 0.25) is 0 Å². The molecule has 1 aliphatic rings. The maximum absolute atomic E-state index is 12.6. The van der Waals surface area contributed by atoms with Crippen LogP contribution < -0.4 is 0 Å². The van der Waals surface area contributed by atoms with E-state index < -0.39 is 0 Å². The quantitative estimate of drug-likeness (QED) is 0.720. The topological polar surface area (TPSA) is 95.7 Å². The van der Waals surface area contributed by atoms with Crippen LogP contribution in [0.1, 0.15) is 18.7 Å². The van der Waals surface area contributed by atoms with Crippen molar-refractivity contribution < 1.29 is 14.1 Å². The van der Waals surface area contributed by atoms with E-state index in [2.05, 4.69) is 20.0 Å². The fraction of sp³-hybridized carbons (Fsp3) is 0.526. The fourth-order valence-corrected chi connectivity index (χ4v) is 3.05. The standard InChI is InChI=1S/C19H26N6O3/c1-23(2)18(27)14-24-9-4-10-25(12-11-24)17(26)7-6-16-21-19(22-28-16)15-5-3-8-20-13-15/h3,5,8,13H,4,6-7,9-12,14H2,1-2H3. The number of nitrogens with zero attached hydrogens (tertiary/aromatic N) is 6. The van der Waals surface area contributed by atoms with Crippen molar-refractivity contribution in [3.8, 4) is 11.4 Å². The molecule has 150 valence electrons. The lowest BCUT2D eigenvalue weighted by Crippen LogP contribution is -2.39. The molecule has 0 spiro atoms. The third-order valence-corrected chi connectivity index (χ3v) is 4.74. The van der Waals surface area contributed by atoms with Crippen molar-refractivity contribution in [2.45, 2.75) is 19.3 Å². The van der Waals surface area contributed by atoms with Gasteiger partial charge in [0.25, 0.3) is 0 Å². The molecule has 9 heteroatoms. The van der Waals surface area contributed by atoms with Crippen LogP contribution in [0.25, 0.3) is 11.4 Å². The SMILES string of the molecule is CN(C)C(=O)CN1CCCN(C(=O)CCc2nc(-c3cccnc3)no2)CC1. The average Bonchev–Trinajstić information content (AvgIpc) is 3.06. The molecule has 0 aromatic carbocycles. The highest BCUT2D eigenvalue weighted by Gasteiger charge is 2.21. The molecule has 0 bridgehead atoms. The van der Waals surface area contributed by atoms with Gasteiger partial charge in [-0.2, -0.15) is 4.98 Å².